The number of para-hydroxylation sites is 1. The standard InChI is InChI=1S/C50H33N5/c1-5-16-34(17-6-1)39-23-15-24-41(32-39)50-52-48(37-20-9-3-10-21-37)51-49(53-50)38-30-28-35(29-31-38)44-33-40-22-13-14-27-43(40)47-45(44)46(36-18-7-2-8-19-36)54-55(47)42-25-11-4-12-26-42/h1-33H. The van der Waals surface area contributed by atoms with Crippen molar-refractivity contribution in [2.45, 2.75) is 0 Å². The summed E-state index contributed by atoms with van der Waals surface area (Å²) in [6.45, 7) is 0. The van der Waals surface area contributed by atoms with E-state index in [1.807, 2.05) is 48.5 Å². The summed E-state index contributed by atoms with van der Waals surface area (Å²) in [6.07, 6.45) is 0. The third kappa shape index (κ3) is 6.04. The van der Waals surface area contributed by atoms with Crippen molar-refractivity contribution >= 4 is 21.7 Å². The van der Waals surface area contributed by atoms with Crippen LogP contribution in [0, 0.1) is 0 Å². The topological polar surface area (TPSA) is 56.5 Å². The number of hydrogen-bond acceptors (Lipinski definition) is 4. The Morgan fingerprint density at radius 2 is 0.836 bits per heavy atom. The molecule has 258 valence electrons. The van der Waals surface area contributed by atoms with Crippen LogP contribution in [0.4, 0.5) is 0 Å². The zero-order valence-corrected chi connectivity index (χ0v) is 29.8. The summed E-state index contributed by atoms with van der Waals surface area (Å²) >= 11 is 0. The molecule has 10 rings (SSSR count). The minimum Gasteiger partial charge on any atom is -0.232 e. The minimum absolute atomic E-state index is 0.617. The minimum atomic E-state index is 0.617. The molecule has 55 heavy (non-hydrogen) atoms. The van der Waals surface area contributed by atoms with Crippen LogP contribution >= 0.6 is 0 Å². The highest BCUT2D eigenvalue weighted by molar-refractivity contribution is 6.17. The lowest BCUT2D eigenvalue weighted by atomic mass is 9.93. The predicted molar refractivity (Wildman–Crippen MR) is 225 cm³/mol. The van der Waals surface area contributed by atoms with Crippen molar-refractivity contribution in [3.63, 3.8) is 0 Å². The molecule has 0 aliphatic heterocycles. The molecule has 10 aromatic rings. The van der Waals surface area contributed by atoms with Gasteiger partial charge >= 0.3 is 0 Å². The summed E-state index contributed by atoms with van der Waals surface area (Å²) in [4.78, 5) is 15.1. The first-order valence-corrected chi connectivity index (χ1v) is 18.4. The van der Waals surface area contributed by atoms with Gasteiger partial charge in [0.1, 0.15) is 5.69 Å². The van der Waals surface area contributed by atoms with Gasteiger partial charge in [-0.1, -0.05) is 176 Å². The van der Waals surface area contributed by atoms with Crippen LogP contribution in [0.3, 0.4) is 0 Å². The van der Waals surface area contributed by atoms with Crippen LogP contribution in [-0.4, -0.2) is 24.7 Å². The Bertz CT molecular complexity index is 2940. The highest BCUT2D eigenvalue weighted by atomic mass is 15.3. The second kappa shape index (κ2) is 13.8. The Labute approximate surface area is 318 Å². The summed E-state index contributed by atoms with van der Waals surface area (Å²) in [5.41, 5.74) is 11.3. The van der Waals surface area contributed by atoms with Crippen LogP contribution in [0.15, 0.2) is 200 Å². The highest BCUT2D eigenvalue weighted by Crippen LogP contribution is 2.42. The maximum Gasteiger partial charge on any atom is 0.164 e. The number of aromatic nitrogens is 5. The average Bonchev–Trinajstić information content (AvgIpc) is 3.69. The van der Waals surface area contributed by atoms with Gasteiger partial charge in [-0.25, -0.2) is 19.6 Å². The van der Waals surface area contributed by atoms with Crippen LogP contribution in [0.1, 0.15) is 0 Å². The quantitative estimate of drug-likeness (QED) is 0.166. The Morgan fingerprint density at radius 3 is 1.51 bits per heavy atom. The van der Waals surface area contributed by atoms with Crippen molar-refractivity contribution in [3.8, 4) is 73.4 Å². The summed E-state index contributed by atoms with van der Waals surface area (Å²) in [5.74, 6) is 1.88. The van der Waals surface area contributed by atoms with Crippen molar-refractivity contribution in [2.24, 2.45) is 0 Å². The number of hydrogen-bond donors (Lipinski definition) is 0. The molecule has 0 bridgehead atoms. The van der Waals surface area contributed by atoms with Gasteiger partial charge in [-0.2, -0.15) is 5.10 Å². The first kappa shape index (κ1) is 32.2. The molecule has 0 amide bonds. The van der Waals surface area contributed by atoms with E-state index in [0.29, 0.717) is 17.5 Å². The molecule has 8 aromatic carbocycles. The Hall–Kier alpha value is -7.50. The van der Waals surface area contributed by atoms with E-state index in [9.17, 15) is 0 Å². The summed E-state index contributed by atoms with van der Waals surface area (Å²) < 4.78 is 2.10. The Balaban J connectivity index is 1.14. The molecule has 5 heteroatoms. The van der Waals surface area contributed by atoms with Gasteiger partial charge < -0.3 is 0 Å². The van der Waals surface area contributed by atoms with E-state index in [-0.39, 0.29) is 0 Å². The van der Waals surface area contributed by atoms with Gasteiger partial charge in [0.25, 0.3) is 0 Å². The van der Waals surface area contributed by atoms with Gasteiger partial charge in [0.2, 0.25) is 0 Å². The molecule has 2 aromatic heterocycles. The zero-order chi connectivity index (χ0) is 36.6. The molecule has 0 saturated carbocycles. The van der Waals surface area contributed by atoms with Crippen molar-refractivity contribution in [1.29, 1.82) is 0 Å². The van der Waals surface area contributed by atoms with E-state index in [0.717, 1.165) is 77.6 Å². The SMILES string of the molecule is c1ccc(-c2cccc(-c3nc(-c4ccccc4)nc(-c4ccc(-c5cc6ccccc6c6c5c(-c5ccccc5)nn6-c5ccccc5)cc4)n3)c2)cc1. The number of benzene rings is 8. The van der Waals surface area contributed by atoms with E-state index >= 15 is 0 Å². The lowest BCUT2D eigenvalue weighted by Crippen LogP contribution is -2.00. The van der Waals surface area contributed by atoms with Crippen LogP contribution in [0.5, 0.6) is 0 Å². The van der Waals surface area contributed by atoms with Gasteiger partial charge in [-0.3, -0.25) is 0 Å². The molecule has 0 fully saturated rings. The van der Waals surface area contributed by atoms with Gasteiger partial charge in [0.05, 0.1) is 11.2 Å². The van der Waals surface area contributed by atoms with Crippen LogP contribution in [0.25, 0.3) is 95.0 Å². The van der Waals surface area contributed by atoms with E-state index in [1.54, 1.807) is 0 Å². The van der Waals surface area contributed by atoms with Gasteiger partial charge in [0, 0.05) is 33.0 Å². The normalized spacial score (nSPS) is 11.3. The first-order chi connectivity index (χ1) is 27.3. The smallest absolute Gasteiger partial charge is 0.164 e. The summed E-state index contributed by atoms with van der Waals surface area (Å²) in [5, 5.41) is 8.73. The van der Waals surface area contributed by atoms with Crippen LogP contribution < -0.4 is 0 Å². The van der Waals surface area contributed by atoms with E-state index in [2.05, 4.69) is 156 Å². The zero-order valence-electron chi connectivity index (χ0n) is 29.8. The van der Waals surface area contributed by atoms with Crippen LogP contribution in [0.2, 0.25) is 0 Å². The van der Waals surface area contributed by atoms with Gasteiger partial charge in [-0.05, 0) is 51.9 Å². The molecular weight excluding hydrogens is 671 g/mol. The van der Waals surface area contributed by atoms with Gasteiger partial charge in [0.15, 0.2) is 17.5 Å². The van der Waals surface area contributed by atoms with Crippen molar-refractivity contribution < 1.29 is 0 Å². The van der Waals surface area contributed by atoms with E-state index in [1.165, 1.54) is 0 Å². The first-order valence-electron chi connectivity index (χ1n) is 18.4. The third-order valence-electron chi connectivity index (χ3n) is 10.1. The van der Waals surface area contributed by atoms with E-state index < -0.39 is 0 Å². The maximum absolute atomic E-state index is 5.32. The second-order valence-corrected chi connectivity index (χ2v) is 13.5. The molecule has 0 spiro atoms. The molecule has 2 heterocycles. The second-order valence-electron chi connectivity index (χ2n) is 13.5. The monoisotopic (exact) mass is 703 g/mol. The molecule has 0 aliphatic carbocycles. The van der Waals surface area contributed by atoms with Crippen molar-refractivity contribution in [2.75, 3.05) is 0 Å². The molecular formula is C50H33N5. The van der Waals surface area contributed by atoms with Crippen molar-refractivity contribution in [3.05, 3.63) is 200 Å². The Kier molecular flexibility index (Phi) is 8.08. The lowest BCUT2D eigenvalue weighted by molar-refractivity contribution is 0.918. The molecule has 0 N–H and O–H groups in total. The molecule has 0 atom stereocenters. The molecule has 0 unspecified atom stereocenters. The summed E-state index contributed by atoms with van der Waals surface area (Å²) in [7, 11) is 0. The number of nitrogens with zero attached hydrogens (tertiary/aromatic N) is 5. The van der Waals surface area contributed by atoms with E-state index in [4.69, 9.17) is 20.1 Å². The predicted octanol–water partition coefficient (Wildman–Crippen LogP) is 12.4. The van der Waals surface area contributed by atoms with Crippen molar-refractivity contribution in [1.82, 2.24) is 24.7 Å². The largest absolute Gasteiger partial charge is 0.232 e. The average molecular weight is 704 g/mol. The van der Waals surface area contributed by atoms with Crippen LogP contribution in [-0.2, 0) is 0 Å². The fraction of sp³-hybridized carbons (Fsp3) is 0. The lowest BCUT2D eigenvalue weighted by Gasteiger charge is -2.12. The molecule has 0 aliphatic rings. The fourth-order valence-corrected chi connectivity index (χ4v) is 7.39. The Morgan fingerprint density at radius 1 is 0.345 bits per heavy atom. The third-order valence-corrected chi connectivity index (χ3v) is 10.1. The molecule has 0 radical (unpaired) electrons. The molecule has 5 nitrogen and oxygen atoms in total. The highest BCUT2D eigenvalue weighted by Gasteiger charge is 2.21. The number of fused-ring (bicyclic) bond motifs is 3. The van der Waals surface area contributed by atoms with Gasteiger partial charge in [-0.15, -0.1) is 0 Å². The number of rotatable bonds is 7. The fourth-order valence-electron chi connectivity index (χ4n) is 7.39. The maximum atomic E-state index is 5.32. The molecule has 0 saturated heterocycles. The summed E-state index contributed by atoms with van der Waals surface area (Å²) in [6, 6.07) is 69.2.